The van der Waals surface area contributed by atoms with Gasteiger partial charge in [-0.15, -0.1) is 0 Å². The third-order valence-electron chi connectivity index (χ3n) is 3.19. The molecule has 0 atom stereocenters. The number of benzene rings is 1. The number of hydrogen-bond acceptors (Lipinski definition) is 5. The summed E-state index contributed by atoms with van der Waals surface area (Å²) in [5.74, 6) is -1.13. The highest BCUT2D eigenvalue weighted by Crippen LogP contribution is 2.23. The zero-order chi connectivity index (χ0) is 17.0. The maximum absolute atomic E-state index is 12.5. The molecule has 7 heteroatoms. The first kappa shape index (κ1) is 17.6. The van der Waals surface area contributed by atoms with Crippen LogP contribution in [0.15, 0.2) is 18.2 Å². The second-order valence-corrected chi connectivity index (χ2v) is 5.38. The monoisotopic (exact) mass is 308 g/mol. The molecule has 120 valence electrons. The van der Waals surface area contributed by atoms with Crippen molar-refractivity contribution >= 4 is 17.6 Å². The molecule has 1 amide bonds. The van der Waals surface area contributed by atoms with Crippen LogP contribution in [0.5, 0.6) is 0 Å². The third kappa shape index (κ3) is 3.60. The van der Waals surface area contributed by atoms with Crippen LogP contribution in [-0.2, 0) is 4.74 Å². The molecule has 0 N–H and O–H groups in total. The molecule has 0 spiro atoms. The second kappa shape index (κ2) is 7.02. The minimum Gasteiger partial charge on any atom is -0.465 e. The largest absolute Gasteiger partial charge is 0.465 e. The Balaban J connectivity index is 3.33. The fourth-order valence-corrected chi connectivity index (χ4v) is 2.31. The highest BCUT2D eigenvalue weighted by molar-refractivity contribution is 5.99. The van der Waals surface area contributed by atoms with Gasteiger partial charge in [0.15, 0.2) is 0 Å². The van der Waals surface area contributed by atoms with E-state index in [-0.39, 0.29) is 29.1 Å². The van der Waals surface area contributed by atoms with Crippen molar-refractivity contribution in [2.24, 2.45) is 0 Å². The molecule has 0 unspecified atom stereocenters. The van der Waals surface area contributed by atoms with Gasteiger partial charge in [-0.05, 0) is 39.8 Å². The summed E-state index contributed by atoms with van der Waals surface area (Å²) in [5.41, 5.74) is -0.448. The molecule has 0 radical (unpaired) electrons. The van der Waals surface area contributed by atoms with Gasteiger partial charge in [0.1, 0.15) is 5.56 Å². The van der Waals surface area contributed by atoms with Crippen LogP contribution in [-0.4, -0.2) is 40.9 Å². The third-order valence-corrected chi connectivity index (χ3v) is 3.19. The van der Waals surface area contributed by atoms with Crippen molar-refractivity contribution in [1.29, 1.82) is 0 Å². The Bertz CT molecular complexity index is 588. The zero-order valence-electron chi connectivity index (χ0n) is 13.3. The standard InChI is InChI=1S/C15H20N2O5/c1-9(2)16(10(3)4)14(18)11-6-7-12(15(19)22-5)13(8-11)17(20)21/h6-10H,1-5H3. The number of nitro groups is 1. The van der Waals surface area contributed by atoms with Gasteiger partial charge in [0.25, 0.3) is 11.6 Å². The predicted molar refractivity (Wildman–Crippen MR) is 80.9 cm³/mol. The van der Waals surface area contributed by atoms with Gasteiger partial charge in [0.05, 0.1) is 12.0 Å². The number of ether oxygens (including phenoxy) is 1. The predicted octanol–water partition coefficient (Wildman–Crippen LogP) is 2.64. The van der Waals surface area contributed by atoms with Gasteiger partial charge in [-0.2, -0.15) is 0 Å². The number of nitrogens with zero attached hydrogens (tertiary/aromatic N) is 2. The van der Waals surface area contributed by atoms with E-state index in [0.29, 0.717) is 0 Å². The SMILES string of the molecule is COC(=O)c1ccc(C(=O)N(C(C)C)C(C)C)cc1[N+](=O)[O-]. The van der Waals surface area contributed by atoms with Crippen molar-refractivity contribution in [3.8, 4) is 0 Å². The number of nitro benzene ring substituents is 1. The molecule has 0 heterocycles. The molecular formula is C15H20N2O5. The van der Waals surface area contributed by atoms with E-state index in [4.69, 9.17) is 0 Å². The van der Waals surface area contributed by atoms with Crippen molar-refractivity contribution in [3.05, 3.63) is 39.4 Å². The van der Waals surface area contributed by atoms with Gasteiger partial charge in [-0.3, -0.25) is 14.9 Å². The first-order valence-corrected chi connectivity index (χ1v) is 6.90. The first-order valence-electron chi connectivity index (χ1n) is 6.90. The molecule has 7 nitrogen and oxygen atoms in total. The zero-order valence-corrected chi connectivity index (χ0v) is 13.3. The highest BCUT2D eigenvalue weighted by Gasteiger charge is 2.26. The molecule has 1 aromatic rings. The number of carbonyl (C=O) groups excluding carboxylic acids is 2. The Morgan fingerprint density at radius 1 is 1.18 bits per heavy atom. The molecule has 1 rings (SSSR count). The van der Waals surface area contributed by atoms with Crippen LogP contribution in [0.3, 0.4) is 0 Å². The maximum atomic E-state index is 12.5. The highest BCUT2D eigenvalue weighted by atomic mass is 16.6. The fraction of sp³-hybridized carbons (Fsp3) is 0.467. The van der Waals surface area contributed by atoms with E-state index in [1.54, 1.807) is 4.90 Å². The summed E-state index contributed by atoms with van der Waals surface area (Å²) in [4.78, 5) is 36.1. The van der Waals surface area contributed by atoms with Crippen LogP contribution >= 0.6 is 0 Å². The molecular weight excluding hydrogens is 288 g/mol. The summed E-state index contributed by atoms with van der Waals surface area (Å²) >= 11 is 0. The smallest absolute Gasteiger partial charge is 0.344 e. The molecule has 22 heavy (non-hydrogen) atoms. The number of amides is 1. The average Bonchev–Trinajstić information content (AvgIpc) is 2.44. The van der Waals surface area contributed by atoms with Gasteiger partial charge in [0, 0.05) is 23.7 Å². The Hall–Kier alpha value is -2.44. The van der Waals surface area contributed by atoms with Crippen molar-refractivity contribution in [2.75, 3.05) is 7.11 Å². The number of esters is 1. The van der Waals surface area contributed by atoms with Crippen LogP contribution < -0.4 is 0 Å². The summed E-state index contributed by atoms with van der Waals surface area (Å²) in [5, 5.41) is 11.1. The van der Waals surface area contributed by atoms with Crippen molar-refractivity contribution in [1.82, 2.24) is 4.90 Å². The Kier molecular flexibility index (Phi) is 5.62. The van der Waals surface area contributed by atoms with E-state index in [9.17, 15) is 19.7 Å². The van der Waals surface area contributed by atoms with Crippen LogP contribution in [0, 0.1) is 10.1 Å². The lowest BCUT2D eigenvalue weighted by Gasteiger charge is -2.30. The Morgan fingerprint density at radius 3 is 2.14 bits per heavy atom. The molecule has 0 saturated carbocycles. The van der Waals surface area contributed by atoms with Gasteiger partial charge < -0.3 is 9.64 Å². The van der Waals surface area contributed by atoms with Crippen LogP contribution in [0.25, 0.3) is 0 Å². The molecule has 0 aromatic heterocycles. The van der Waals surface area contributed by atoms with Crippen LogP contribution in [0.2, 0.25) is 0 Å². The van der Waals surface area contributed by atoms with E-state index in [1.165, 1.54) is 12.1 Å². The van der Waals surface area contributed by atoms with Gasteiger partial charge in [0.2, 0.25) is 0 Å². The number of hydrogen-bond donors (Lipinski definition) is 0. The van der Waals surface area contributed by atoms with E-state index < -0.39 is 16.6 Å². The lowest BCUT2D eigenvalue weighted by molar-refractivity contribution is -0.385. The Labute approximate surface area is 129 Å². The molecule has 0 fully saturated rings. The lowest BCUT2D eigenvalue weighted by Crippen LogP contribution is -2.42. The molecule has 0 aliphatic rings. The van der Waals surface area contributed by atoms with Crippen molar-refractivity contribution in [2.45, 2.75) is 39.8 Å². The minimum absolute atomic E-state index is 0.0492. The van der Waals surface area contributed by atoms with E-state index in [2.05, 4.69) is 4.74 Å². The average molecular weight is 308 g/mol. The number of methoxy groups -OCH3 is 1. The lowest BCUT2D eigenvalue weighted by atomic mass is 10.1. The molecule has 0 aliphatic heterocycles. The first-order chi connectivity index (χ1) is 10.2. The topological polar surface area (TPSA) is 89.8 Å². The van der Waals surface area contributed by atoms with Crippen LogP contribution in [0.1, 0.15) is 48.4 Å². The number of rotatable bonds is 5. The van der Waals surface area contributed by atoms with Crippen molar-refractivity contribution < 1.29 is 19.2 Å². The molecule has 1 aromatic carbocycles. The summed E-state index contributed by atoms with van der Waals surface area (Å²) < 4.78 is 4.51. The summed E-state index contributed by atoms with van der Waals surface area (Å²) in [6, 6.07) is 3.67. The van der Waals surface area contributed by atoms with Gasteiger partial charge >= 0.3 is 5.97 Å². The van der Waals surface area contributed by atoms with Gasteiger partial charge in [-0.25, -0.2) is 4.79 Å². The number of carbonyl (C=O) groups is 2. The summed E-state index contributed by atoms with van der Waals surface area (Å²) in [7, 11) is 1.14. The summed E-state index contributed by atoms with van der Waals surface area (Å²) in [6.07, 6.45) is 0. The molecule has 0 aliphatic carbocycles. The van der Waals surface area contributed by atoms with Crippen molar-refractivity contribution in [3.63, 3.8) is 0 Å². The van der Waals surface area contributed by atoms with Crippen LogP contribution in [0.4, 0.5) is 5.69 Å². The maximum Gasteiger partial charge on any atom is 0.344 e. The molecule has 0 saturated heterocycles. The van der Waals surface area contributed by atoms with E-state index in [1.807, 2.05) is 27.7 Å². The minimum atomic E-state index is -0.810. The Morgan fingerprint density at radius 2 is 1.73 bits per heavy atom. The quantitative estimate of drug-likeness (QED) is 0.474. The van der Waals surface area contributed by atoms with E-state index in [0.717, 1.165) is 13.2 Å². The van der Waals surface area contributed by atoms with E-state index >= 15 is 0 Å². The summed E-state index contributed by atoms with van der Waals surface area (Å²) in [6.45, 7) is 7.48. The van der Waals surface area contributed by atoms with Gasteiger partial charge in [-0.1, -0.05) is 0 Å². The molecule has 0 bridgehead atoms. The normalized spacial score (nSPS) is 10.7. The fourth-order valence-electron chi connectivity index (χ4n) is 2.31. The second-order valence-electron chi connectivity index (χ2n) is 5.38.